The molecule has 1 heterocycles. The molecule has 1 aliphatic heterocycles. The smallest absolute Gasteiger partial charge is 0.237 e. The maximum Gasteiger partial charge on any atom is 0.237 e. The highest BCUT2D eigenvalue weighted by atomic mass is 16.2. The van der Waals surface area contributed by atoms with Gasteiger partial charge in [-0.3, -0.25) is 9.59 Å². The third-order valence-corrected chi connectivity index (χ3v) is 3.98. The quantitative estimate of drug-likeness (QED) is 0.782. The van der Waals surface area contributed by atoms with Crippen LogP contribution in [-0.2, 0) is 9.59 Å². The van der Waals surface area contributed by atoms with Crippen LogP contribution in [0, 0.1) is 19.8 Å². The molecule has 102 valence electrons. The van der Waals surface area contributed by atoms with Gasteiger partial charge >= 0.3 is 0 Å². The highest BCUT2D eigenvalue weighted by Gasteiger charge is 2.33. The predicted octanol–water partition coefficient (Wildman–Crippen LogP) is 3.03. The summed E-state index contributed by atoms with van der Waals surface area (Å²) >= 11 is 0. The van der Waals surface area contributed by atoms with Crippen LogP contribution in [-0.4, -0.2) is 18.2 Å². The molecule has 1 aromatic rings. The molecule has 1 fully saturated rings. The fraction of sp³-hybridized carbons (Fsp3) is 0.500. The van der Waals surface area contributed by atoms with E-state index in [1.807, 2.05) is 32.0 Å². The number of carbonyl (C=O) groups is 2. The summed E-state index contributed by atoms with van der Waals surface area (Å²) in [6.45, 7) is 6.64. The lowest BCUT2D eigenvalue weighted by atomic mass is 9.91. The van der Waals surface area contributed by atoms with Crippen LogP contribution in [0.5, 0.6) is 0 Å². The van der Waals surface area contributed by atoms with E-state index in [-0.39, 0.29) is 11.7 Å². The number of anilines is 1. The summed E-state index contributed by atoms with van der Waals surface area (Å²) in [5.41, 5.74) is 3.31. The molecule has 0 radical (unpaired) electrons. The van der Waals surface area contributed by atoms with Crippen molar-refractivity contribution in [2.24, 2.45) is 5.92 Å². The number of nitrogens with zero attached hydrogens (tertiary/aromatic N) is 1. The average Bonchev–Trinajstić information content (AvgIpc) is 2.41. The van der Waals surface area contributed by atoms with Gasteiger partial charge in [0.1, 0.15) is 5.78 Å². The van der Waals surface area contributed by atoms with E-state index in [2.05, 4.69) is 6.92 Å². The number of piperidine rings is 1. The Balaban J connectivity index is 2.26. The lowest BCUT2D eigenvalue weighted by Gasteiger charge is -2.32. The van der Waals surface area contributed by atoms with Crippen molar-refractivity contribution in [2.75, 3.05) is 11.4 Å². The number of rotatable bonds is 3. The van der Waals surface area contributed by atoms with Crippen molar-refractivity contribution in [3.8, 4) is 0 Å². The Hall–Kier alpha value is -1.64. The van der Waals surface area contributed by atoms with Crippen LogP contribution in [0.3, 0.4) is 0 Å². The van der Waals surface area contributed by atoms with E-state index in [1.165, 1.54) is 11.1 Å². The summed E-state index contributed by atoms with van der Waals surface area (Å²) in [6, 6.07) is 6.04. The molecule has 3 nitrogen and oxygen atoms in total. The second-order valence-electron chi connectivity index (χ2n) is 5.27. The maximum absolute atomic E-state index is 12.4. The number of aryl methyl sites for hydroxylation is 2. The van der Waals surface area contributed by atoms with Gasteiger partial charge in [-0.05, 0) is 49.9 Å². The van der Waals surface area contributed by atoms with Crippen molar-refractivity contribution in [2.45, 2.75) is 40.0 Å². The number of hydrogen-bond acceptors (Lipinski definition) is 2. The van der Waals surface area contributed by atoms with Crippen LogP contribution in [0.2, 0.25) is 0 Å². The van der Waals surface area contributed by atoms with Gasteiger partial charge in [0.05, 0.1) is 5.92 Å². The molecular formula is C16H21NO2. The molecule has 19 heavy (non-hydrogen) atoms. The van der Waals surface area contributed by atoms with Crippen molar-refractivity contribution in [3.63, 3.8) is 0 Å². The van der Waals surface area contributed by atoms with Gasteiger partial charge in [0, 0.05) is 18.7 Å². The number of amides is 1. The molecule has 0 aromatic heterocycles. The molecule has 1 aliphatic rings. The van der Waals surface area contributed by atoms with Crippen molar-refractivity contribution in [3.05, 3.63) is 29.3 Å². The minimum atomic E-state index is -0.430. The number of carbonyl (C=O) groups excluding carboxylic acids is 2. The molecule has 0 spiro atoms. The SMILES string of the molecule is CCC(=O)[C@H]1CCCN(c2ccc(C)c(C)c2)C1=O. The number of Topliss-reactive ketones (excluding diaryl/α,β-unsaturated/α-hetero) is 1. The third kappa shape index (κ3) is 2.70. The first kappa shape index (κ1) is 13.8. The van der Waals surface area contributed by atoms with E-state index < -0.39 is 5.92 Å². The number of hydrogen-bond donors (Lipinski definition) is 0. The number of ketones is 1. The normalized spacial score (nSPS) is 19.6. The van der Waals surface area contributed by atoms with Gasteiger partial charge < -0.3 is 4.90 Å². The molecule has 0 unspecified atom stereocenters. The number of benzene rings is 1. The summed E-state index contributed by atoms with van der Waals surface area (Å²) in [5, 5.41) is 0. The summed E-state index contributed by atoms with van der Waals surface area (Å²) in [6.07, 6.45) is 2.04. The first-order valence-corrected chi connectivity index (χ1v) is 6.96. The van der Waals surface area contributed by atoms with E-state index in [0.29, 0.717) is 12.8 Å². The lowest BCUT2D eigenvalue weighted by Crippen LogP contribution is -2.44. The van der Waals surface area contributed by atoms with Crippen LogP contribution >= 0.6 is 0 Å². The minimum absolute atomic E-state index is 0.0265. The molecule has 0 saturated carbocycles. The second kappa shape index (κ2) is 5.55. The van der Waals surface area contributed by atoms with Gasteiger partial charge in [0.25, 0.3) is 0 Å². The van der Waals surface area contributed by atoms with Gasteiger partial charge in [-0.25, -0.2) is 0 Å². The van der Waals surface area contributed by atoms with Crippen LogP contribution in [0.1, 0.15) is 37.3 Å². The molecule has 0 N–H and O–H groups in total. The van der Waals surface area contributed by atoms with Crippen LogP contribution in [0.4, 0.5) is 5.69 Å². The highest BCUT2D eigenvalue weighted by Crippen LogP contribution is 2.27. The fourth-order valence-electron chi connectivity index (χ4n) is 2.57. The molecule has 3 heteroatoms. The monoisotopic (exact) mass is 259 g/mol. The molecule has 1 saturated heterocycles. The van der Waals surface area contributed by atoms with E-state index >= 15 is 0 Å². The van der Waals surface area contributed by atoms with Crippen molar-refractivity contribution < 1.29 is 9.59 Å². The van der Waals surface area contributed by atoms with Crippen molar-refractivity contribution in [1.82, 2.24) is 0 Å². The molecular weight excluding hydrogens is 238 g/mol. The summed E-state index contributed by atoms with van der Waals surface area (Å²) < 4.78 is 0. The Labute approximate surface area is 114 Å². The Bertz CT molecular complexity index is 507. The first-order chi connectivity index (χ1) is 9.04. The van der Waals surface area contributed by atoms with Crippen LogP contribution in [0.15, 0.2) is 18.2 Å². The molecule has 1 aromatic carbocycles. The van der Waals surface area contributed by atoms with Gasteiger partial charge in [-0.2, -0.15) is 0 Å². The lowest BCUT2D eigenvalue weighted by molar-refractivity contribution is -0.133. The highest BCUT2D eigenvalue weighted by molar-refractivity contribution is 6.08. The Morgan fingerprint density at radius 3 is 2.68 bits per heavy atom. The summed E-state index contributed by atoms with van der Waals surface area (Å²) in [4.78, 5) is 26.0. The Morgan fingerprint density at radius 1 is 1.32 bits per heavy atom. The zero-order valence-corrected chi connectivity index (χ0v) is 11.9. The molecule has 1 amide bonds. The summed E-state index contributed by atoms with van der Waals surface area (Å²) in [7, 11) is 0. The van der Waals surface area contributed by atoms with E-state index in [4.69, 9.17) is 0 Å². The zero-order valence-electron chi connectivity index (χ0n) is 11.9. The molecule has 1 atom stereocenters. The Kier molecular flexibility index (Phi) is 4.03. The van der Waals surface area contributed by atoms with Gasteiger partial charge in [0.2, 0.25) is 5.91 Å². The summed E-state index contributed by atoms with van der Waals surface area (Å²) in [5.74, 6) is -0.389. The molecule has 0 aliphatic carbocycles. The molecule has 2 rings (SSSR count). The van der Waals surface area contributed by atoms with Crippen molar-refractivity contribution >= 4 is 17.4 Å². The van der Waals surface area contributed by atoms with E-state index in [0.717, 1.165) is 18.7 Å². The maximum atomic E-state index is 12.4. The van der Waals surface area contributed by atoms with E-state index in [1.54, 1.807) is 4.90 Å². The molecule has 0 bridgehead atoms. The van der Waals surface area contributed by atoms with Crippen molar-refractivity contribution in [1.29, 1.82) is 0 Å². The zero-order chi connectivity index (χ0) is 14.0. The third-order valence-electron chi connectivity index (χ3n) is 3.98. The van der Waals surface area contributed by atoms with E-state index in [9.17, 15) is 9.59 Å². The predicted molar refractivity (Wildman–Crippen MR) is 76.3 cm³/mol. The average molecular weight is 259 g/mol. The van der Waals surface area contributed by atoms with Crippen LogP contribution in [0.25, 0.3) is 0 Å². The van der Waals surface area contributed by atoms with Gasteiger partial charge in [-0.1, -0.05) is 13.0 Å². The standard InChI is InChI=1S/C16H21NO2/c1-4-15(18)14-6-5-9-17(16(14)19)13-8-7-11(2)12(3)10-13/h7-8,10,14H,4-6,9H2,1-3H3/t14-/m1/s1. The second-order valence-corrected chi connectivity index (χ2v) is 5.27. The minimum Gasteiger partial charge on any atom is -0.312 e. The van der Waals surface area contributed by atoms with Crippen LogP contribution < -0.4 is 4.90 Å². The fourth-order valence-corrected chi connectivity index (χ4v) is 2.57. The van der Waals surface area contributed by atoms with Gasteiger partial charge in [-0.15, -0.1) is 0 Å². The largest absolute Gasteiger partial charge is 0.312 e. The van der Waals surface area contributed by atoms with Gasteiger partial charge in [0.15, 0.2) is 0 Å². The first-order valence-electron chi connectivity index (χ1n) is 6.96. The Morgan fingerprint density at radius 2 is 2.05 bits per heavy atom. The topological polar surface area (TPSA) is 37.4 Å².